The van der Waals surface area contributed by atoms with Crippen LogP contribution in [0.25, 0.3) is 23.1 Å². The number of rotatable bonds is 12. The molecule has 0 amide bonds. The van der Waals surface area contributed by atoms with E-state index in [0.717, 1.165) is 81.7 Å². The van der Waals surface area contributed by atoms with Crippen molar-refractivity contribution in [1.29, 1.82) is 0 Å². The van der Waals surface area contributed by atoms with Crippen molar-refractivity contribution in [2.24, 2.45) is 5.41 Å². The van der Waals surface area contributed by atoms with Crippen LogP contribution in [-0.2, 0) is 11.2 Å². The van der Waals surface area contributed by atoms with Gasteiger partial charge in [-0.2, -0.15) is 12.6 Å². The zero-order valence-corrected chi connectivity index (χ0v) is 29.4. The zero-order valence-electron chi connectivity index (χ0n) is 27.7. The number of hydrogen-bond acceptors (Lipinski definition) is 4. The van der Waals surface area contributed by atoms with E-state index < -0.39 is 11.6 Å². The summed E-state index contributed by atoms with van der Waals surface area (Å²) < 4.78 is 0. The summed E-state index contributed by atoms with van der Waals surface area (Å²) in [5.74, 6) is 0.0285. The van der Waals surface area contributed by atoms with Gasteiger partial charge in [0, 0.05) is 10.4 Å². The fourth-order valence-electron chi connectivity index (χ4n) is 5.10. The third-order valence-corrected chi connectivity index (χ3v) is 8.86. The lowest BCUT2D eigenvalue weighted by Crippen LogP contribution is -2.22. The molecule has 0 atom stereocenters. The summed E-state index contributed by atoms with van der Waals surface area (Å²) in [6, 6.07) is 16.6. The smallest absolute Gasteiger partial charge is 0.303 e. The van der Waals surface area contributed by atoms with Gasteiger partial charge in [-0.3, -0.25) is 4.79 Å². The molecule has 1 aromatic heterocycles. The molecule has 0 bridgehead atoms. The Balaban J connectivity index is 0.000000544. The lowest BCUT2D eigenvalue weighted by molar-refractivity contribution is -0.138. The van der Waals surface area contributed by atoms with Gasteiger partial charge < -0.3 is 10.2 Å². The number of nitrogens with zero attached hydrogens (tertiary/aromatic N) is 1. The number of carbonyl (C=O) groups is 1. The molecule has 0 aliphatic heterocycles. The third kappa shape index (κ3) is 12.0. The molecule has 1 heterocycles. The highest BCUT2D eigenvalue weighted by Crippen LogP contribution is 2.49. The summed E-state index contributed by atoms with van der Waals surface area (Å²) in [6.45, 7) is 15.5. The number of aliphatic hydroxyl groups is 1. The Labute approximate surface area is 281 Å². The van der Waals surface area contributed by atoms with Crippen molar-refractivity contribution in [3.8, 4) is 0 Å². The van der Waals surface area contributed by atoms with Crippen LogP contribution in [0.4, 0.5) is 0 Å². The topological polar surface area (TPSA) is 70.4 Å². The van der Waals surface area contributed by atoms with Crippen molar-refractivity contribution >= 4 is 53.3 Å². The van der Waals surface area contributed by atoms with Crippen LogP contribution in [0, 0.1) is 12.3 Å². The van der Waals surface area contributed by atoms with Gasteiger partial charge in [-0.1, -0.05) is 92.7 Å². The van der Waals surface area contributed by atoms with Gasteiger partial charge in [0.25, 0.3) is 0 Å². The SMILES string of the molecule is C=C/C(=C(\C=C/C)CCCc1cccc(/C=C/c2ccc3ccc(Cl)c(C)c3n2)c1)C(C)(C)O.CC.O=C(O)CC1(CS)CC1. The molecule has 3 aromatic rings. The molecule has 45 heavy (non-hydrogen) atoms. The summed E-state index contributed by atoms with van der Waals surface area (Å²) in [7, 11) is 0. The van der Waals surface area contributed by atoms with Gasteiger partial charge in [-0.05, 0) is 117 Å². The number of aromatic nitrogens is 1. The molecule has 4 nitrogen and oxygen atoms in total. The Morgan fingerprint density at radius 2 is 1.82 bits per heavy atom. The Hall–Kier alpha value is -3.12. The molecular weight excluding hydrogens is 598 g/mol. The highest BCUT2D eigenvalue weighted by Gasteiger charge is 2.42. The van der Waals surface area contributed by atoms with Crippen LogP contribution in [0.5, 0.6) is 0 Å². The first-order valence-corrected chi connectivity index (χ1v) is 16.8. The lowest BCUT2D eigenvalue weighted by Gasteiger charge is -2.22. The van der Waals surface area contributed by atoms with Gasteiger partial charge in [0.05, 0.1) is 23.2 Å². The van der Waals surface area contributed by atoms with E-state index in [1.807, 2.05) is 71.9 Å². The second kappa shape index (κ2) is 18.1. The standard InChI is InChI=1S/C31H34ClNO.C6H10O2S.C2H6/c1-6-10-25(28(7-2)31(4,5)34)14-9-13-23-11-8-12-24(21-23)15-18-27-19-16-26-17-20-29(32)22(3)30(26)33-27;7-5(8)3-6(4-9)1-2-6;1-2/h6-8,10-12,15-21,34H,2,9,13-14H2,1,3-5H3;9H,1-4H2,(H,7,8);1-2H3/b10-6-,18-15+,28-25-;;. The predicted molar refractivity (Wildman–Crippen MR) is 197 cm³/mol. The molecule has 1 aliphatic carbocycles. The first-order chi connectivity index (χ1) is 21.4. The summed E-state index contributed by atoms with van der Waals surface area (Å²) in [6.07, 6.45) is 15.3. The van der Waals surface area contributed by atoms with Gasteiger partial charge >= 0.3 is 5.97 Å². The monoisotopic (exact) mass is 647 g/mol. The number of hydrogen-bond donors (Lipinski definition) is 3. The molecule has 2 aromatic carbocycles. The van der Waals surface area contributed by atoms with Crippen molar-refractivity contribution in [3.63, 3.8) is 0 Å². The Morgan fingerprint density at radius 1 is 1.13 bits per heavy atom. The Kier molecular flexibility index (Phi) is 15.3. The highest BCUT2D eigenvalue weighted by molar-refractivity contribution is 7.80. The van der Waals surface area contributed by atoms with Crippen molar-refractivity contribution in [3.05, 3.63) is 112 Å². The van der Waals surface area contributed by atoms with Gasteiger partial charge in [0.1, 0.15) is 0 Å². The van der Waals surface area contributed by atoms with Crippen molar-refractivity contribution in [2.75, 3.05) is 5.75 Å². The number of carboxylic acids is 1. The molecule has 0 radical (unpaired) electrons. The van der Waals surface area contributed by atoms with E-state index in [4.69, 9.17) is 21.7 Å². The van der Waals surface area contributed by atoms with Gasteiger partial charge in [-0.25, -0.2) is 4.98 Å². The molecule has 1 fully saturated rings. The van der Waals surface area contributed by atoms with Gasteiger partial charge in [0.2, 0.25) is 0 Å². The molecule has 1 saturated carbocycles. The summed E-state index contributed by atoms with van der Waals surface area (Å²) in [4.78, 5) is 15.0. The van der Waals surface area contributed by atoms with Crippen molar-refractivity contribution in [2.45, 2.75) is 85.7 Å². The van der Waals surface area contributed by atoms with Gasteiger partial charge in [-0.15, -0.1) is 0 Å². The van der Waals surface area contributed by atoms with Crippen LogP contribution < -0.4 is 0 Å². The molecule has 2 N–H and O–H groups in total. The van der Waals surface area contributed by atoms with E-state index in [2.05, 4.69) is 61.7 Å². The minimum atomic E-state index is -0.901. The first-order valence-electron chi connectivity index (χ1n) is 15.8. The maximum absolute atomic E-state index is 10.5. The van der Waals surface area contributed by atoms with Crippen LogP contribution in [-0.4, -0.2) is 32.5 Å². The van der Waals surface area contributed by atoms with E-state index in [1.165, 1.54) is 5.56 Å². The number of thiol groups is 1. The quantitative estimate of drug-likeness (QED) is 0.135. The van der Waals surface area contributed by atoms with E-state index in [1.54, 1.807) is 6.08 Å². The normalized spacial score (nSPS) is 14.3. The van der Waals surface area contributed by atoms with E-state index in [0.29, 0.717) is 6.42 Å². The third-order valence-electron chi connectivity index (χ3n) is 7.78. The average molecular weight is 648 g/mol. The fraction of sp³-hybridized carbons (Fsp3) is 0.385. The second-order valence-electron chi connectivity index (χ2n) is 11.8. The molecule has 6 heteroatoms. The molecule has 242 valence electrons. The number of pyridine rings is 1. The van der Waals surface area contributed by atoms with Crippen LogP contribution in [0.2, 0.25) is 5.02 Å². The van der Waals surface area contributed by atoms with Crippen LogP contribution in [0.3, 0.4) is 0 Å². The molecular formula is C39H50ClNO3S. The second-order valence-corrected chi connectivity index (χ2v) is 12.6. The van der Waals surface area contributed by atoms with Crippen molar-refractivity contribution < 1.29 is 15.0 Å². The average Bonchev–Trinajstić information content (AvgIpc) is 3.78. The molecule has 0 saturated heterocycles. The van der Waals surface area contributed by atoms with Crippen LogP contribution in [0.15, 0.2) is 84.5 Å². The van der Waals surface area contributed by atoms with Crippen LogP contribution in [0.1, 0.15) is 89.1 Å². The number of benzene rings is 2. The first kappa shape index (κ1) is 38.1. The highest BCUT2D eigenvalue weighted by atomic mass is 35.5. The maximum Gasteiger partial charge on any atom is 0.303 e. The van der Waals surface area contributed by atoms with E-state index >= 15 is 0 Å². The molecule has 0 spiro atoms. The fourth-order valence-corrected chi connectivity index (χ4v) is 5.68. The lowest BCUT2D eigenvalue weighted by atomic mass is 9.90. The number of halogens is 1. The molecule has 0 unspecified atom stereocenters. The minimum absolute atomic E-state index is 0.0783. The minimum Gasteiger partial charge on any atom is -0.481 e. The largest absolute Gasteiger partial charge is 0.481 e. The van der Waals surface area contributed by atoms with Crippen molar-refractivity contribution in [1.82, 2.24) is 4.98 Å². The maximum atomic E-state index is 10.5. The number of allylic oxidation sites excluding steroid dienone is 3. The number of carboxylic acid groups (broad SMARTS) is 1. The number of aliphatic carboxylic acids is 1. The molecule has 4 rings (SSSR count). The van der Waals surface area contributed by atoms with E-state index in [9.17, 15) is 9.90 Å². The Morgan fingerprint density at radius 3 is 2.38 bits per heavy atom. The van der Waals surface area contributed by atoms with Crippen LogP contribution >= 0.6 is 24.2 Å². The number of fused-ring (bicyclic) bond motifs is 1. The summed E-state index contributed by atoms with van der Waals surface area (Å²) >= 11 is 10.3. The van der Waals surface area contributed by atoms with E-state index in [-0.39, 0.29) is 5.41 Å². The predicted octanol–water partition coefficient (Wildman–Crippen LogP) is 10.7. The summed E-state index contributed by atoms with van der Waals surface area (Å²) in [5, 5.41) is 20.7. The number of aryl methyl sites for hydroxylation is 2. The Bertz CT molecular complexity index is 1530. The van der Waals surface area contributed by atoms with Gasteiger partial charge in [0.15, 0.2) is 0 Å². The molecule has 1 aliphatic rings. The zero-order chi connectivity index (χ0) is 33.6. The summed E-state index contributed by atoms with van der Waals surface area (Å²) in [5.41, 5.74) is 6.50.